The Bertz CT molecular complexity index is 656. The van der Waals surface area contributed by atoms with E-state index in [2.05, 4.69) is 4.18 Å². The summed E-state index contributed by atoms with van der Waals surface area (Å²) >= 11 is 0. The van der Waals surface area contributed by atoms with Crippen molar-refractivity contribution in [2.24, 2.45) is 0 Å². The van der Waals surface area contributed by atoms with Crippen LogP contribution in [0, 0.1) is 0 Å². The average Bonchev–Trinajstić information content (AvgIpc) is 2.35. The predicted molar refractivity (Wildman–Crippen MR) is 61.0 cm³/mol. The van der Waals surface area contributed by atoms with Gasteiger partial charge in [0.1, 0.15) is 6.61 Å². The standard InChI is InChI=1S/C9H9F3O6S2/c10-8(9(11,12)20(15,16)17)6-18-19(13,14)7-4-2-1-3-5-7/h1-5,8H,6H2,(H,15,16,17). The summed E-state index contributed by atoms with van der Waals surface area (Å²) in [4.78, 5) is -0.414. The van der Waals surface area contributed by atoms with E-state index in [1.54, 1.807) is 0 Å². The highest BCUT2D eigenvalue weighted by Gasteiger charge is 2.53. The summed E-state index contributed by atoms with van der Waals surface area (Å²) < 4.78 is 94.2. The molecule has 0 radical (unpaired) electrons. The van der Waals surface area contributed by atoms with Gasteiger partial charge in [-0.05, 0) is 12.1 Å². The molecule has 1 N–H and O–H groups in total. The van der Waals surface area contributed by atoms with E-state index in [4.69, 9.17) is 4.55 Å². The molecule has 0 bridgehead atoms. The van der Waals surface area contributed by atoms with Gasteiger partial charge in [0, 0.05) is 0 Å². The van der Waals surface area contributed by atoms with Crippen LogP contribution < -0.4 is 0 Å². The van der Waals surface area contributed by atoms with Crippen LogP contribution in [0.15, 0.2) is 35.2 Å². The van der Waals surface area contributed by atoms with Crippen LogP contribution in [-0.4, -0.2) is 39.4 Å². The molecular weight excluding hydrogens is 325 g/mol. The van der Waals surface area contributed by atoms with Gasteiger partial charge in [0.25, 0.3) is 10.1 Å². The molecule has 0 aliphatic rings. The Morgan fingerprint density at radius 1 is 1.15 bits per heavy atom. The zero-order valence-corrected chi connectivity index (χ0v) is 11.2. The van der Waals surface area contributed by atoms with Gasteiger partial charge < -0.3 is 0 Å². The monoisotopic (exact) mass is 334 g/mol. The van der Waals surface area contributed by atoms with E-state index in [9.17, 15) is 30.0 Å². The van der Waals surface area contributed by atoms with Gasteiger partial charge >= 0.3 is 15.4 Å². The molecule has 0 heterocycles. The maximum Gasteiger partial charge on any atom is 0.402 e. The van der Waals surface area contributed by atoms with Gasteiger partial charge in [0.15, 0.2) is 0 Å². The van der Waals surface area contributed by atoms with Crippen LogP contribution in [0.4, 0.5) is 13.2 Å². The van der Waals surface area contributed by atoms with Crippen LogP contribution in [0.3, 0.4) is 0 Å². The molecule has 0 saturated carbocycles. The van der Waals surface area contributed by atoms with E-state index in [0.717, 1.165) is 12.1 Å². The summed E-state index contributed by atoms with van der Waals surface area (Å²) in [5.41, 5.74) is 0. The Labute approximate surface area is 113 Å². The smallest absolute Gasteiger partial charge is 0.281 e. The van der Waals surface area contributed by atoms with E-state index in [1.807, 2.05) is 0 Å². The maximum absolute atomic E-state index is 13.0. The maximum atomic E-state index is 13.0. The van der Waals surface area contributed by atoms with Crippen LogP contribution in [0.1, 0.15) is 0 Å². The molecule has 1 aromatic carbocycles. The molecule has 1 unspecified atom stereocenters. The minimum atomic E-state index is -6.02. The van der Waals surface area contributed by atoms with Gasteiger partial charge in [0.05, 0.1) is 4.90 Å². The molecular formula is C9H9F3O6S2. The summed E-state index contributed by atoms with van der Waals surface area (Å²) in [6, 6.07) is 6.25. The third-order valence-electron chi connectivity index (χ3n) is 2.11. The van der Waals surface area contributed by atoms with Crippen LogP contribution in [0.5, 0.6) is 0 Å². The second-order valence-electron chi connectivity index (χ2n) is 3.56. The SMILES string of the molecule is O=S(=O)(OCC(F)C(F)(F)S(=O)(=O)O)c1ccccc1. The van der Waals surface area contributed by atoms with Crippen LogP contribution in [0.2, 0.25) is 0 Å². The first-order valence-electron chi connectivity index (χ1n) is 4.92. The molecule has 0 fully saturated rings. The van der Waals surface area contributed by atoms with Gasteiger partial charge in [-0.25, -0.2) is 4.39 Å². The van der Waals surface area contributed by atoms with E-state index >= 15 is 0 Å². The second kappa shape index (κ2) is 5.68. The summed E-state index contributed by atoms with van der Waals surface area (Å²) in [5.74, 6) is 0. The Morgan fingerprint density at radius 3 is 2.10 bits per heavy atom. The van der Waals surface area contributed by atoms with Crippen LogP contribution in [-0.2, 0) is 24.4 Å². The van der Waals surface area contributed by atoms with Crippen LogP contribution >= 0.6 is 0 Å². The van der Waals surface area contributed by atoms with Crippen molar-refractivity contribution >= 4 is 20.2 Å². The fourth-order valence-electron chi connectivity index (χ4n) is 1.06. The average molecular weight is 334 g/mol. The van der Waals surface area contributed by atoms with E-state index < -0.39 is 43.2 Å². The van der Waals surface area contributed by atoms with Gasteiger partial charge in [-0.3, -0.25) is 8.74 Å². The third-order valence-corrected chi connectivity index (χ3v) is 4.35. The molecule has 11 heteroatoms. The highest BCUT2D eigenvalue weighted by molar-refractivity contribution is 7.87. The fraction of sp³-hybridized carbons (Fsp3) is 0.333. The molecule has 0 saturated heterocycles. The third kappa shape index (κ3) is 3.69. The fourth-order valence-corrected chi connectivity index (χ4v) is 2.38. The first-order chi connectivity index (χ1) is 8.98. The van der Waals surface area contributed by atoms with E-state index in [-0.39, 0.29) is 0 Å². The van der Waals surface area contributed by atoms with Crippen molar-refractivity contribution in [3.8, 4) is 0 Å². The molecule has 0 amide bonds. The second-order valence-corrected chi connectivity index (χ2v) is 6.67. The molecule has 1 rings (SSSR count). The Hall–Kier alpha value is -1.17. The Balaban J connectivity index is 2.83. The number of alkyl halides is 3. The topological polar surface area (TPSA) is 97.7 Å². The van der Waals surface area contributed by atoms with Crippen molar-refractivity contribution in [2.45, 2.75) is 16.3 Å². The molecule has 20 heavy (non-hydrogen) atoms. The number of hydrogen-bond acceptors (Lipinski definition) is 5. The first kappa shape index (κ1) is 16.9. The van der Waals surface area contributed by atoms with Crippen molar-refractivity contribution < 1.29 is 38.7 Å². The lowest BCUT2D eigenvalue weighted by molar-refractivity contribution is -0.0210. The Kier molecular flexibility index (Phi) is 4.79. The largest absolute Gasteiger partial charge is 0.402 e. The quantitative estimate of drug-likeness (QED) is 0.620. The van der Waals surface area contributed by atoms with Crippen molar-refractivity contribution in [3.05, 3.63) is 30.3 Å². The van der Waals surface area contributed by atoms with E-state index in [1.165, 1.54) is 18.2 Å². The number of rotatable bonds is 6. The van der Waals surface area contributed by atoms with Crippen LogP contribution in [0.25, 0.3) is 0 Å². The zero-order chi connectivity index (χ0) is 15.6. The highest BCUT2D eigenvalue weighted by atomic mass is 32.2. The van der Waals surface area contributed by atoms with Crippen molar-refractivity contribution in [1.82, 2.24) is 0 Å². The van der Waals surface area contributed by atoms with Gasteiger partial charge in [-0.1, -0.05) is 18.2 Å². The molecule has 1 atom stereocenters. The summed E-state index contributed by atoms with van der Waals surface area (Å²) in [6.45, 7) is -1.76. The summed E-state index contributed by atoms with van der Waals surface area (Å²) in [7, 11) is -10.5. The molecule has 1 aromatic rings. The minimum absolute atomic E-state index is 0.414. The van der Waals surface area contributed by atoms with Crippen molar-refractivity contribution in [1.29, 1.82) is 0 Å². The van der Waals surface area contributed by atoms with Crippen molar-refractivity contribution in [2.75, 3.05) is 6.61 Å². The Morgan fingerprint density at radius 2 is 1.65 bits per heavy atom. The lowest BCUT2D eigenvalue weighted by Gasteiger charge is -2.17. The predicted octanol–water partition coefficient (Wildman–Crippen LogP) is 1.21. The molecule has 0 spiro atoms. The lowest BCUT2D eigenvalue weighted by atomic mass is 10.4. The molecule has 0 aromatic heterocycles. The number of halogens is 3. The normalized spacial score (nSPS) is 15.0. The van der Waals surface area contributed by atoms with Gasteiger partial charge in [-0.2, -0.15) is 25.6 Å². The molecule has 0 aliphatic heterocycles. The lowest BCUT2D eigenvalue weighted by Crippen LogP contribution is -2.41. The minimum Gasteiger partial charge on any atom is -0.281 e. The number of benzene rings is 1. The molecule has 6 nitrogen and oxygen atoms in total. The number of hydrogen-bond donors (Lipinski definition) is 1. The highest BCUT2D eigenvalue weighted by Crippen LogP contribution is 2.28. The van der Waals surface area contributed by atoms with Crippen molar-refractivity contribution in [3.63, 3.8) is 0 Å². The molecule has 0 aliphatic carbocycles. The van der Waals surface area contributed by atoms with Gasteiger partial charge in [0.2, 0.25) is 6.17 Å². The first-order valence-corrected chi connectivity index (χ1v) is 7.76. The van der Waals surface area contributed by atoms with E-state index in [0.29, 0.717) is 0 Å². The zero-order valence-electron chi connectivity index (χ0n) is 9.61. The van der Waals surface area contributed by atoms with Gasteiger partial charge in [-0.15, -0.1) is 0 Å². The molecule has 114 valence electrons. The summed E-state index contributed by atoms with van der Waals surface area (Å²) in [5, 5.41) is -5.17. The summed E-state index contributed by atoms with van der Waals surface area (Å²) in [6.07, 6.45) is -3.55.